The minimum Gasteiger partial charge on any atom is -0.478 e. The van der Waals surface area contributed by atoms with Gasteiger partial charge >= 0.3 is 5.97 Å². The summed E-state index contributed by atoms with van der Waals surface area (Å²) in [5.74, 6) is -0.146. The van der Waals surface area contributed by atoms with Gasteiger partial charge in [-0.3, -0.25) is 4.79 Å². The van der Waals surface area contributed by atoms with Gasteiger partial charge in [-0.25, -0.2) is 4.79 Å². The Morgan fingerprint density at radius 3 is 2.52 bits per heavy atom. The number of hydrogen-bond acceptors (Lipinski definition) is 3. The Labute approximate surface area is 126 Å². The van der Waals surface area contributed by atoms with Crippen LogP contribution in [-0.4, -0.2) is 28.0 Å². The van der Waals surface area contributed by atoms with Crippen LogP contribution >= 0.6 is 11.8 Å². The topological polar surface area (TPSA) is 66.4 Å². The maximum absolute atomic E-state index is 12.2. The minimum atomic E-state index is -1.03. The molecule has 2 aromatic rings. The Hall–Kier alpha value is -2.01. The summed E-state index contributed by atoms with van der Waals surface area (Å²) in [7, 11) is 0. The SMILES string of the molecule is O=C(O)c1cc2ccccc2cc1NC(=O)C1CCCS1. The van der Waals surface area contributed by atoms with Gasteiger partial charge in [-0.2, -0.15) is 0 Å². The molecule has 2 aromatic carbocycles. The molecule has 0 spiro atoms. The lowest BCUT2D eigenvalue weighted by atomic mass is 10.0. The zero-order valence-electron chi connectivity index (χ0n) is 11.3. The summed E-state index contributed by atoms with van der Waals surface area (Å²) < 4.78 is 0. The number of anilines is 1. The van der Waals surface area contributed by atoms with E-state index in [1.165, 1.54) is 0 Å². The molecule has 0 radical (unpaired) electrons. The van der Waals surface area contributed by atoms with Gasteiger partial charge in [-0.05, 0) is 41.5 Å². The van der Waals surface area contributed by atoms with Gasteiger partial charge < -0.3 is 10.4 Å². The molecular weight excluding hydrogens is 286 g/mol. The van der Waals surface area contributed by atoms with Crippen LogP contribution in [0.25, 0.3) is 10.8 Å². The molecule has 0 bridgehead atoms. The van der Waals surface area contributed by atoms with Crippen molar-refractivity contribution in [3.63, 3.8) is 0 Å². The fraction of sp³-hybridized carbons (Fsp3) is 0.250. The molecule has 4 nitrogen and oxygen atoms in total. The lowest BCUT2D eigenvalue weighted by molar-refractivity contribution is -0.115. The number of thioether (sulfide) groups is 1. The highest BCUT2D eigenvalue weighted by Gasteiger charge is 2.24. The van der Waals surface area contributed by atoms with Crippen molar-refractivity contribution in [2.75, 3.05) is 11.1 Å². The highest BCUT2D eigenvalue weighted by molar-refractivity contribution is 8.00. The van der Waals surface area contributed by atoms with E-state index in [1.54, 1.807) is 23.9 Å². The van der Waals surface area contributed by atoms with Gasteiger partial charge in [0.15, 0.2) is 0 Å². The first-order chi connectivity index (χ1) is 10.1. The standard InChI is InChI=1S/C16H15NO3S/c18-15(14-6-3-7-21-14)17-13-9-11-5-2-1-4-10(11)8-12(13)16(19)20/h1-2,4-5,8-9,14H,3,6-7H2,(H,17,18)(H,19,20). The van der Waals surface area contributed by atoms with Crippen molar-refractivity contribution in [1.29, 1.82) is 0 Å². The van der Waals surface area contributed by atoms with Crippen LogP contribution in [0.2, 0.25) is 0 Å². The Morgan fingerprint density at radius 1 is 1.19 bits per heavy atom. The van der Waals surface area contributed by atoms with E-state index in [0.717, 1.165) is 29.4 Å². The predicted octanol–water partition coefficient (Wildman–Crippen LogP) is 3.37. The summed E-state index contributed by atoms with van der Waals surface area (Å²) in [6.45, 7) is 0. The van der Waals surface area contributed by atoms with Crippen LogP contribution in [0.1, 0.15) is 23.2 Å². The highest BCUT2D eigenvalue weighted by atomic mass is 32.2. The van der Waals surface area contributed by atoms with E-state index in [2.05, 4.69) is 5.32 Å². The first kappa shape index (κ1) is 13.9. The van der Waals surface area contributed by atoms with Crippen LogP contribution in [0.3, 0.4) is 0 Å². The zero-order valence-corrected chi connectivity index (χ0v) is 12.2. The van der Waals surface area contributed by atoms with E-state index in [1.807, 2.05) is 24.3 Å². The summed E-state index contributed by atoms with van der Waals surface area (Å²) in [4.78, 5) is 23.6. The van der Waals surface area contributed by atoms with Crippen LogP contribution in [0.15, 0.2) is 36.4 Å². The molecule has 1 fully saturated rings. The number of benzene rings is 2. The van der Waals surface area contributed by atoms with Gasteiger partial charge in [0.1, 0.15) is 0 Å². The van der Waals surface area contributed by atoms with E-state index >= 15 is 0 Å². The third-order valence-corrected chi connectivity index (χ3v) is 4.97. The molecular formula is C16H15NO3S. The number of amides is 1. The van der Waals surface area contributed by atoms with E-state index in [0.29, 0.717) is 5.69 Å². The van der Waals surface area contributed by atoms with Gasteiger partial charge in [-0.15, -0.1) is 11.8 Å². The number of carboxylic acid groups (broad SMARTS) is 1. The van der Waals surface area contributed by atoms with Crippen LogP contribution in [-0.2, 0) is 4.79 Å². The van der Waals surface area contributed by atoms with E-state index in [4.69, 9.17) is 0 Å². The fourth-order valence-electron chi connectivity index (χ4n) is 2.52. The number of carbonyl (C=O) groups is 2. The Morgan fingerprint density at radius 2 is 1.90 bits per heavy atom. The number of aromatic carboxylic acids is 1. The molecule has 1 aliphatic rings. The quantitative estimate of drug-likeness (QED) is 0.912. The van der Waals surface area contributed by atoms with E-state index in [-0.39, 0.29) is 16.7 Å². The summed E-state index contributed by atoms with van der Waals surface area (Å²) in [5.41, 5.74) is 0.503. The summed E-state index contributed by atoms with van der Waals surface area (Å²) in [6, 6.07) is 10.9. The van der Waals surface area contributed by atoms with Crippen molar-refractivity contribution >= 4 is 40.1 Å². The zero-order chi connectivity index (χ0) is 14.8. The number of hydrogen-bond donors (Lipinski definition) is 2. The Bertz CT molecular complexity index is 708. The lowest BCUT2D eigenvalue weighted by Crippen LogP contribution is -2.24. The number of fused-ring (bicyclic) bond motifs is 1. The average molecular weight is 301 g/mol. The molecule has 1 amide bonds. The molecule has 0 saturated carbocycles. The van der Waals surface area contributed by atoms with Crippen molar-refractivity contribution in [1.82, 2.24) is 0 Å². The maximum atomic E-state index is 12.2. The second-order valence-corrected chi connectivity index (χ2v) is 6.35. The maximum Gasteiger partial charge on any atom is 0.337 e. The van der Waals surface area contributed by atoms with E-state index < -0.39 is 5.97 Å². The van der Waals surface area contributed by atoms with Crippen LogP contribution < -0.4 is 5.32 Å². The number of nitrogens with one attached hydrogen (secondary N) is 1. The number of carboxylic acids is 1. The molecule has 108 valence electrons. The molecule has 1 saturated heterocycles. The van der Waals surface area contributed by atoms with Crippen LogP contribution in [0.4, 0.5) is 5.69 Å². The normalized spacial score (nSPS) is 17.8. The van der Waals surface area contributed by atoms with Gasteiger partial charge in [-0.1, -0.05) is 24.3 Å². The Kier molecular flexibility index (Phi) is 3.84. The van der Waals surface area contributed by atoms with E-state index in [9.17, 15) is 14.7 Å². The van der Waals surface area contributed by atoms with Crippen LogP contribution in [0, 0.1) is 0 Å². The molecule has 1 unspecified atom stereocenters. The molecule has 0 aromatic heterocycles. The molecule has 1 heterocycles. The molecule has 5 heteroatoms. The van der Waals surface area contributed by atoms with Gasteiger partial charge in [0, 0.05) is 0 Å². The van der Waals surface area contributed by atoms with Gasteiger partial charge in [0.25, 0.3) is 0 Å². The average Bonchev–Trinajstić information content (AvgIpc) is 3.00. The first-order valence-electron chi connectivity index (χ1n) is 6.84. The van der Waals surface area contributed by atoms with Gasteiger partial charge in [0.05, 0.1) is 16.5 Å². The molecule has 1 atom stereocenters. The molecule has 21 heavy (non-hydrogen) atoms. The third-order valence-electron chi connectivity index (χ3n) is 3.60. The monoisotopic (exact) mass is 301 g/mol. The summed E-state index contributed by atoms with van der Waals surface area (Å²) in [5, 5.41) is 13.8. The Balaban J connectivity index is 1.97. The number of carbonyl (C=O) groups excluding carboxylic acids is 1. The highest BCUT2D eigenvalue weighted by Crippen LogP contribution is 2.29. The van der Waals surface area contributed by atoms with Crippen molar-refractivity contribution in [2.45, 2.75) is 18.1 Å². The smallest absolute Gasteiger partial charge is 0.337 e. The molecule has 2 N–H and O–H groups in total. The first-order valence-corrected chi connectivity index (χ1v) is 7.88. The van der Waals surface area contributed by atoms with Crippen molar-refractivity contribution in [2.24, 2.45) is 0 Å². The number of rotatable bonds is 3. The largest absolute Gasteiger partial charge is 0.478 e. The summed E-state index contributed by atoms with van der Waals surface area (Å²) in [6.07, 6.45) is 1.89. The third kappa shape index (κ3) is 2.88. The van der Waals surface area contributed by atoms with Crippen molar-refractivity contribution < 1.29 is 14.7 Å². The second kappa shape index (κ2) is 5.77. The fourth-order valence-corrected chi connectivity index (χ4v) is 3.68. The van der Waals surface area contributed by atoms with Crippen LogP contribution in [0.5, 0.6) is 0 Å². The second-order valence-electron chi connectivity index (χ2n) is 5.04. The molecule has 1 aliphatic heterocycles. The lowest BCUT2D eigenvalue weighted by Gasteiger charge is -2.13. The molecule has 0 aliphatic carbocycles. The predicted molar refractivity (Wildman–Crippen MR) is 85.0 cm³/mol. The minimum absolute atomic E-state index is 0.0712. The van der Waals surface area contributed by atoms with Crippen molar-refractivity contribution in [3.05, 3.63) is 42.0 Å². The summed E-state index contributed by atoms with van der Waals surface area (Å²) >= 11 is 1.63. The van der Waals surface area contributed by atoms with Gasteiger partial charge in [0.2, 0.25) is 5.91 Å². The van der Waals surface area contributed by atoms with Crippen molar-refractivity contribution in [3.8, 4) is 0 Å². The molecule has 3 rings (SSSR count).